The summed E-state index contributed by atoms with van der Waals surface area (Å²) in [5.41, 5.74) is 4.24. The van der Waals surface area contributed by atoms with Crippen LogP contribution in [0.1, 0.15) is 53.7 Å². The lowest BCUT2D eigenvalue weighted by Gasteiger charge is -2.36. The maximum Gasteiger partial charge on any atom is 0.263 e. The number of rotatable bonds is 5. The predicted octanol–water partition coefficient (Wildman–Crippen LogP) is 4.18. The van der Waals surface area contributed by atoms with Crippen LogP contribution < -0.4 is 4.74 Å². The van der Waals surface area contributed by atoms with Crippen LogP contribution in [-0.2, 0) is 4.79 Å². The first-order valence-electron chi connectivity index (χ1n) is 10.7. The molecule has 1 aliphatic rings. The zero-order chi connectivity index (χ0) is 21.8. The second-order valence-corrected chi connectivity index (χ2v) is 8.40. The Morgan fingerprint density at radius 2 is 1.43 bits per heavy atom. The Morgan fingerprint density at radius 3 is 2.00 bits per heavy atom. The van der Waals surface area contributed by atoms with Crippen molar-refractivity contribution >= 4 is 11.8 Å². The molecule has 0 aromatic heterocycles. The molecule has 0 aliphatic carbocycles. The topological polar surface area (TPSA) is 49.9 Å². The SMILES string of the molecule is Cc1ccc(C(=O)N2CCN(C(=O)C(C)Oc3ccc(C(C)C)cc3)CC2)cc1C. The monoisotopic (exact) mass is 408 g/mol. The molecule has 0 N–H and O–H groups in total. The van der Waals surface area contributed by atoms with Crippen LogP contribution in [0.5, 0.6) is 5.75 Å². The molecule has 1 aliphatic heterocycles. The standard InChI is InChI=1S/C25H32N2O3/c1-17(2)21-8-10-23(11-9-21)30-20(5)24(28)26-12-14-27(15-13-26)25(29)22-7-6-18(3)19(4)16-22/h6-11,16-17,20H,12-15H2,1-5H3. The van der Waals surface area contributed by atoms with Crippen molar-refractivity contribution in [2.75, 3.05) is 26.2 Å². The average Bonchev–Trinajstić information content (AvgIpc) is 2.75. The van der Waals surface area contributed by atoms with Gasteiger partial charge in [0.1, 0.15) is 5.75 Å². The van der Waals surface area contributed by atoms with Crippen molar-refractivity contribution < 1.29 is 14.3 Å². The van der Waals surface area contributed by atoms with Gasteiger partial charge in [0.15, 0.2) is 6.10 Å². The number of amides is 2. The first-order chi connectivity index (χ1) is 14.3. The number of benzene rings is 2. The molecule has 1 saturated heterocycles. The maximum absolute atomic E-state index is 12.8. The Hall–Kier alpha value is -2.82. The lowest BCUT2D eigenvalue weighted by atomic mass is 10.0. The lowest BCUT2D eigenvalue weighted by Crippen LogP contribution is -2.53. The summed E-state index contributed by atoms with van der Waals surface area (Å²) in [5.74, 6) is 1.14. The molecule has 1 atom stereocenters. The zero-order valence-electron chi connectivity index (χ0n) is 18.6. The zero-order valence-corrected chi connectivity index (χ0v) is 18.6. The quantitative estimate of drug-likeness (QED) is 0.746. The van der Waals surface area contributed by atoms with Crippen molar-refractivity contribution in [3.8, 4) is 5.75 Å². The highest BCUT2D eigenvalue weighted by Gasteiger charge is 2.28. The van der Waals surface area contributed by atoms with Crippen LogP contribution in [0.4, 0.5) is 0 Å². The van der Waals surface area contributed by atoms with Crippen LogP contribution in [0, 0.1) is 13.8 Å². The lowest BCUT2D eigenvalue weighted by molar-refractivity contribution is -0.139. The van der Waals surface area contributed by atoms with Crippen molar-refractivity contribution in [2.45, 2.75) is 46.6 Å². The van der Waals surface area contributed by atoms with E-state index in [2.05, 4.69) is 13.8 Å². The van der Waals surface area contributed by atoms with E-state index in [1.165, 1.54) is 11.1 Å². The molecular weight excluding hydrogens is 376 g/mol. The van der Waals surface area contributed by atoms with Gasteiger partial charge in [-0.3, -0.25) is 9.59 Å². The molecule has 3 rings (SSSR count). The smallest absolute Gasteiger partial charge is 0.263 e. The van der Waals surface area contributed by atoms with Gasteiger partial charge < -0.3 is 14.5 Å². The molecule has 1 fully saturated rings. The molecule has 5 nitrogen and oxygen atoms in total. The Labute approximate surface area is 179 Å². The van der Waals surface area contributed by atoms with Crippen molar-refractivity contribution in [3.63, 3.8) is 0 Å². The summed E-state index contributed by atoms with van der Waals surface area (Å²) < 4.78 is 5.86. The Kier molecular flexibility index (Phi) is 6.80. The van der Waals surface area contributed by atoms with E-state index in [1.54, 1.807) is 11.8 Å². The van der Waals surface area contributed by atoms with Gasteiger partial charge in [-0.1, -0.05) is 32.0 Å². The van der Waals surface area contributed by atoms with Gasteiger partial charge in [-0.2, -0.15) is 0 Å². The minimum Gasteiger partial charge on any atom is -0.481 e. The van der Waals surface area contributed by atoms with Gasteiger partial charge in [-0.15, -0.1) is 0 Å². The van der Waals surface area contributed by atoms with Crippen LogP contribution in [0.15, 0.2) is 42.5 Å². The first kappa shape index (κ1) is 21.9. The summed E-state index contributed by atoms with van der Waals surface area (Å²) in [7, 11) is 0. The molecule has 2 aromatic carbocycles. The number of carbonyl (C=O) groups is 2. The number of nitrogens with zero attached hydrogens (tertiary/aromatic N) is 2. The van der Waals surface area contributed by atoms with E-state index in [9.17, 15) is 9.59 Å². The second-order valence-electron chi connectivity index (χ2n) is 8.40. The van der Waals surface area contributed by atoms with Crippen LogP contribution >= 0.6 is 0 Å². The van der Waals surface area contributed by atoms with Crippen molar-refractivity contribution in [3.05, 3.63) is 64.7 Å². The average molecular weight is 409 g/mol. The van der Waals surface area contributed by atoms with E-state index in [4.69, 9.17) is 4.74 Å². The minimum absolute atomic E-state index is 0.0275. The fourth-order valence-corrected chi connectivity index (χ4v) is 3.63. The third-order valence-corrected chi connectivity index (χ3v) is 5.84. The summed E-state index contributed by atoms with van der Waals surface area (Å²) in [4.78, 5) is 29.2. The van der Waals surface area contributed by atoms with Gasteiger partial charge in [0.2, 0.25) is 0 Å². The second kappa shape index (κ2) is 9.33. The first-order valence-corrected chi connectivity index (χ1v) is 10.7. The third-order valence-electron chi connectivity index (χ3n) is 5.84. The van der Waals surface area contributed by atoms with E-state index >= 15 is 0 Å². The third kappa shape index (κ3) is 5.02. The molecular formula is C25H32N2O3. The number of hydrogen-bond acceptors (Lipinski definition) is 3. The molecule has 0 spiro atoms. The number of ether oxygens (including phenoxy) is 1. The molecule has 2 aromatic rings. The Bertz CT molecular complexity index is 897. The highest BCUT2D eigenvalue weighted by atomic mass is 16.5. The molecule has 5 heteroatoms. The molecule has 0 saturated carbocycles. The van der Waals surface area contributed by atoms with Gasteiger partial charge in [0, 0.05) is 31.7 Å². The van der Waals surface area contributed by atoms with Gasteiger partial charge in [0.25, 0.3) is 11.8 Å². The Morgan fingerprint density at radius 1 is 0.833 bits per heavy atom. The van der Waals surface area contributed by atoms with Crippen LogP contribution in [0.2, 0.25) is 0 Å². The van der Waals surface area contributed by atoms with E-state index in [0.717, 1.165) is 5.56 Å². The number of piperazine rings is 1. The van der Waals surface area contributed by atoms with E-state index in [1.807, 2.05) is 61.2 Å². The number of carbonyl (C=O) groups excluding carboxylic acids is 2. The highest BCUT2D eigenvalue weighted by molar-refractivity contribution is 5.94. The predicted molar refractivity (Wildman–Crippen MR) is 119 cm³/mol. The molecule has 0 bridgehead atoms. The normalized spacial score (nSPS) is 15.3. The number of aryl methyl sites for hydroxylation is 2. The van der Waals surface area contributed by atoms with Crippen LogP contribution in [-0.4, -0.2) is 53.9 Å². The summed E-state index contributed by atoms with van der Waals surface area (Å²) in [5, 5.41) is 0. The number of hydrogen-bond donors (Lipinski definition) is 0. The molecule has 1 unspecified atom stereocenters. The highest BCUT2D eigenvalue weighted by Crippen LogP contribution is 2.20. The molecule has 30 heavy (non-hydrogen) atoms. The summed E-state index contributed by atoms with van der Waals surface area (Å²) >= 11 is 0. The summed E-state index contributed by atoms with van der Waals surface area (Å²) in [6.45, 7) is 12.2. The fraction of sp³-hybridized carbons (Fsp3) is 0.440. The molecule has 0 radical (unpaired) electrons. The van der Waals surface area contributed by atoms with Crippen molar-refractivity contribution in [2.24, 2.45) is 0 Å². The van der Waals surface area contributed by atoms with Crippen LogP contribution in [0.25, 0.3) is 0 Å². The van der Waals surface area contributed by atoms with Gasteiger partial charge >= 0.3 is 0 Å². The minimum atomic E-state index is -0.558. The molecule has 1 heterocycles. The largest absolute Gasteiger partial charge is 0.481 e. The van der Waals surface area contributed by atoms with Gasteiger partial charge in [-0.25, -0.2) is 0 Å². The van der Waals surface area contributed by atoms with E-state index < -0.39 is 6.10 Å². The van der Waals surface area contributed by atoms with Gasteiger partial charge in [-0.05, 0) is 67.6 Å². The molecule has 2 amide bonds. The van der Waals surface area contributed by atoms with Gasteiger partial charge in [0.05, 0.1) is 0 Å². The van der Waals surface area contributed by atoms with Crippen LogP contribution in [0.3, 0.4) is 0 Å². The summed E-state index contributed by atoms with van der Waals surface area (Å²) in [6.07, 6.45) is -0.558. The van der Waals surface area contributed by atoms with E-state index in [0.29, 0.717) is 43.4 Å². The Balaban J connectivity index is 1.54. The fourth-order valence-electron chi connectivity index (χ4n) is 3.63. The van der Waals surface area contributed by atoms with Crippen molar-refractivity contribution in [1.82, 2.24) is 9.80 Å². The summed E-state index contributed by atoms with van der Waals surface area (Å²) in [6, 6.07) is 13.7. The maximum atomic E-state index is 12.8. The van der Waals surface area contributed by atoms with Crippen molar-refractivity contribution in [1.29, 1.82) is 0 Å². The molecule has 160 valence electrons. The van der Waals surface area contributed by atoms with E-state index in [-0.39, 0.29) is 11.8 Å².